The van der Waals surface area contributed by atoms with Crippen LogP contribution in [0.1, 0.15) is 35.9 Å². The molecule has 178 valence electrons. The Hall–Kier alpha value is -3.02. The van der Waals surface area contributed by atoms with E-state index in [4.69, 9.17) is 4.74 Å². The molecule has 0 aliphatic heterocycles. The summed E-state index contributed by atoms with van der Waals surface area (Å²) in [5.41, 5.74) is -1.20. The molecule has 0 saturated heterocycles. The molecule has 33 heavy (non-hydrogen) atoms. The molecule has 0 bridgehead atoms. The van der Waals surface area contributed by atoms with Crippen LogP contribution in [0.3, 0.4) is 0 Å². The number of benzene rings is 1. The lowest BCUT2D eigenvalue weighted by Gasteiger charge is -2.39. The molecule has 3 rings (SSSR count). The molecule has 1 aliphatic carbocycles. The Bertz CT molecular complexity index is 1140. The van der Waals surface area contributed by atoms with Crippen molar-refractivity contribution in [3.8, 4) is 11.6 Å². The first kappa shape index (κ1) is 24.6. The van der Waals surface area contributed by atoms with E-state index in [1.54, 1.807) is 18.2 Å². The van der Waals surface area contributed by atoms with Gasteiger partial charge in [0.05, 0.1) is 12.2 Å². The van der Waals surface area contributed by atoms with E-state index >= 15 is 0 Å². The molecule has 1 atom stereocenters. The lowest BCUT2D eigenvalue weighted by molar-refractivity contribution is -0.114. The molecule has 1 heterocycles. The van der Waals surface area contributed by atoms with Gasteiger partial charge in [0, 0.05) is 31.4 Å². The van der Waals surface area contributed by atoms with Crippen molar-refractivity contribution in [3.63, 3.8) is 0 Å². The minimum Gasteiger partial charge on any atom is -0.437 e. The zero-order valence-electron chi connectivity index (χ0n) is 17.6. The fraction of sp³-hybridized carbons (Fsp3) is 0.381. The second kappa shape index (κ2) is 9.08. The Labute approximate surface area is 187 Å². The van der Waals surface area contributed by atoms with Crippen molar-refractivity contribution in [2.45, 2.75) is 37.7 Å². The Morgan fingerprint density at radius 3 is 2.45 bits per heavy atom. The van der Waals surface area contributed by atoms with E-state index < -0.39 is 69.7 Å². The lowest BCUT2D eigenvalue weighted by Crippen LogP contribution is -2.49. The number of ether oxygens (including phenoxy) is 1. The van der Waals surface area contributed by atoms with Crippen molar-refractivity contribution < 1.29 is 35.5 Å². The van der Waals surface area contributed by atoms with Crippen LogP contribution in [0.4, 0.5) is 17.6 Å². The van der Waals surface area contributed by atoms with Gasteiger partial charge in [0.25, 0.3) is 11.8 Å². The Balaban J connectivity index is 1.88. The van der Waals surface area contributed by atoms with Gasteiger partial charge in [-0.05, 0) is 18.1 Å². The average Bonchev–Trinajstić information content (AvgIpc) is 2.68. The number of nitrogens with one attached hydrogen (secondary N) is 1. The highest BCUT2D eigenvalue weighted by Gasteiger charge is 2.48. The fourth-order valence-electron chi connectivity index (χ4n) is 3.19. The van der Waals surface area contributed by atoms with Gasteiger partial charge < -0.3 is 10.1 Å². The highest BCUT2D eigenvalue weighted by molar-refractivity contribution is 7.93. The second-order valence-electron chi connectivity index (χ2n) is 7.89. The Morgan fingerprint density at radius 2 is 1.91 bits per heavy atom. The first-order valence-corrected chi connectivity index (χ1v) is 11.7. The maximum Gasteiger partial charge on any atom is 0.292 e. The topological polar surface area (TPSA) is 98.2 Å². The Kier molecular flexibility index (Phi) is 6.78. The molecule has 1 N–H and O–H groups in total. The predicted octanol–water partition coefficient (Wildman–Crippen LogP) is 4.08. The van der Waals surface area contributed by atoms with E-state index in [1.165, 1.54) is 12.1 Å². The number of hydrogen-bond acceptors (Lipinski definition) is 6. The molecule has 1 aromatic carbocycles. The van der Waals surface area contributed by atoms with Crippen LogP contribution in [-0.2, 0) is 15.8 Å². The zero-order valence-corrected chi connectivity index (χ0v) is 18.5. The molecular formula is C21H21F4N3O4S. The van der Waals surface area contributed by atoms with Crippen LogP contribution in [-0.4, -0.2) is 42.5 Å². The highest BCUT2D eigenvalue weighted by Crippen LogP contribution is 2.44. The first-order valence-electron chi connectivity index (χ1n) is 9.79. The highest BCUT2D eigenvalue weighted by atomic mass is 32.2. The number of alkyl halides is 4. The third-order valence-corrected chi connectivity index (χ3v) is 5.46. The Morgan fingerprint density at radius 1 is 1.27 bits per heavy atom. The van der Waals surface area contributed by atoms with Crippen molar-refractivity contribution in [2.75, 3.05) is 6.26 Å². The van der Waals surface area contributed by atoms with Gasteiger partial charge in [0.15, 0.2) is 21.2 Å². The summed E-state index contributed by atoms with van der Waals surface area (Å²) in [6.45, 7) is 0.595. The van der Waals surface area contributed by atoms with Crippen LogP contribution in [0.5, 0.6) is 11.6 Å². The number of aromatic nitrogens is 2. The molecule has 12 heteroatoms. The summed E-state index contributed by atoms with van der Waals surface area (Å²) < 4.78 is 82.9. The molecule has 1 amide bonds. The van der Waals surface area contributed by atoms with Crippen LogP contribution in [0.2, 0.25) is 0 Å². The van der Waals surface area contributed by atoms with Crippen molar-refractivity contribution >= 4 is 15.7 Å². The minimum absolute atomic E-state index is 0.181. The quantitative estimate of drug-likeness (QED) is 0.564. The van der Waals surface area contributed by atoms with Crippen LogP contribution >= 0.6 is 0 Å². The van der Waals surface area contributed by atoms with E-state index in [1.807, 2.05) is 0 Å². The SMILES string of the molecule is CC(F)(F)c1ncc(C(=O)NC(/C=C/S(C)(=O)=O)C2CC(F)(F)C2)nc1Oc1ccccc1. The monoisotopic (exact) mass is 487 g/mol. The van der Waals surface area contributed by atoms with E-state index in [-0.39, 0.29) is 5.75 Å². The molecule has 1 unspecified atom stereocenters. The smallest absolute Gasteiger partial charge is 0.292 e. The summed E-state index contributed by atoms with van der Waals surface area (Å²) in [5, 5.41) is 3.24. The van der Waals surface area contributed by atoms with E-state index in [2.05, 4.69) is 15.3 Å². The summed E-state index contributed by atoms with van der Waals surface area (Å²) in [6.07, 6.45) is 1.76. The van der Waals surface area contributed by atoms with Gasteiger partial charge in [-0.25, -0.2) is 27.2 Å². The zero-order chi connectivity index (χ0) is 24.4. The molecule has 1 saturated carbocycles. The molecule has 1 aromatic heterocycles. The number of halogens is 4. The summed E-state index contributed by atoms with van der Waals surface area (Å²) in [4.78, 5) is 20.2. The van der Waals surface area contributed by atoms with Crippen molar-refractivity contribution in [1.29, 1.82) is 0 Å². The summed E-state index contributed by atoms with van der Waals surface area (Å²) in [5.74, 6) is -8.37. The summed E-state index contributed by atoms with van der Waals surface area (Å²) in [7, 11) is -3.58. The van der Waals surface area contributed by atoms with Crippen molar-refractivity contribution in [2.24, 2.45) is 5.92 Å². The van der Waals surface area contributed by atoms with Crippen LogP contribution < -0.4 is 10.1 Å². The van der Waals surface area contributed by atoms with Crippen LogP contribution in [0.25, 0.3) is 0 Å². The average molecular weight is 487 g/mol. The van der Waals surface area contributed by atoms with Crippen LogP contribution in [0.15, 0.2) is 48.0 Å². The lowest BCUT2D eigenvalue weighted by atomic mass is 9.76. The number of para-hydroxylation sites is 1. The number of nitrogens with zero attached hydrogens (tertiary/aromatic N) is 2. The largest absolute Gasteiger partial charge is 0.437 e. The van der Waals surface area contributed by atoms with Gasteiger partial charge >= 0.3 is 0 Å². The summed E-state index contributed by atoms with van der Waals surface area (Å²) in [6, 6.07) is 6.85. The molecule has 1 aliphatic rings. The number of amides is 1. The maximum atomic E-state index is 14.0. The number of rotatable bonds is 8. The predicted molar refractivity (Wildman–Crippen MR) is 111 cm³/mol. The van der Waals surface area contributed by atoms with Gasteiger partial charge in [0.1, 0.15) is 5.75 Å². The number of sulfone groups is 1. The molecular weight excluding hydrogens is 466 g/mol. The van der Waals surface area contributed by atoms with Gasteiger partial charge in [0.2, 0.25) is 11.8 Å². The third-order valence-electron chi connectivity index (χ3n) is 4.81. The third kappa shape index (κ3) is 6.73. The fourth-order valence-corrected chi connectivity index (χ4v) is 3.65. The van der Waals surface area contributed by atoms with E-state index in [0.717, 1.165) is 23.9 Å². The van der Waals surface area contributed by atoms with Crippen molar-refractivity contribution in [3.05, 3.63) is 59.4 Å². The molecule has 7 nitrogen and oxygen atoms in total. The van der Waals surface area contributed by atoms with Crippen LogP contribution in [0, 0.1) is 5.92 Å². The van der Waals surface area contributed by atoms with Gasteiger partial charge in [-0.15, -0.1) is 0 Å². The molecule has 0 radical (unpaired) electrons. The second-order valence-corrected chi connectivity index (χ2v) is 9.83. The number of carbonyl (C=O) groups excluding carboxylic acids is 1. The van der Waals surface area contributed by atoms with E-state index in [0.29, 0.717) is 6.92 Å². The maximum absolute atomic E-state index is 14.0. The van der Waals surface area contributed by atoms with Gasteiger partial charge in [-0.2, -0.15) is 8.78 Å². The van der Waals surface area contributed by atoms with Crippen molar-refractivity contribution in [1.82, 2.24) is 15.3 Å². The summed E-state index contributed by atoms with van der Waals surface area (Å²) >= 11 is 0. The van der Waals surface area contributed by atoms with E-state index in [9.17, 15) is 30.8 Å². The van der Waals surface area contributed by atoms with Gasteiger partial charge in [-0.3, -0.25) is 4.79 Å². The van der Waals surface area contributed by atoms with Gasteiger partial charge in [-0.1, -0.05) is 24.3 Å². The molecule has 2 aromatic rings. The standard InChI is InChI=1S/C21H21F4N3O4S/c1-20(22,23)17-19(32-14-6-4-3-5-7-14)28-16(12-26-17)18(29)27-15(8-9-33(2,30)31)13-10-21(24,25)11-13/h3-9,12-13,15H,10-11H2,1-2H3,(H,27,29)/b9-8+. The normalized spacial score (nSPS) is 17.4. The molecule has 0 spiro atoms. The first-order chi connectivity index (χ1) is 15.2. The number of carbonyl (C=O) groups is 1. The minimum atomic E-state index is -3.58. The number of hydrogen-bond donors (Lipinski definition) is 1. The molecule has 1 fully saturated rings.